The molecule has 1 aliphatic carbocycles. The van der Waals surface area contributed by atoms with Gasteiger partial charge in [-0.05, 0) is 56.2 Å². The van der Waals surface area contributed by atoms with Gasteiger partial charge in [-0.25, -0.2) is 4.98 Å². The number of fused-ring (bicyclic) bond motifs is 2. The second-order valence-corrected chi connectivity index (χ2v) is 7.59. The first-order valence-corrected chi connectivity index (χ1v) is 9.26. The third-order valence-corrected chi connectivity index (χ3v) is 6.04. The second kappa shape index (κ2) is 6.59. The van der Waals surface area contributed by atoms with Gasteiger partial charge in [0.15, 0.2) is 0 Å². The molecule has 6 nitrogen and oxygen atoms in total. The largest absolute Gasteiger partial charge is 0.384 e. The number of rotatable bonds is 4. The number of nitrogens with zero attached hydrogens (tertiary/aromatic N) is 2. The summed E-state index contributed by atoms with van der Waals surface area (Å²) in [5, 5.41) is 18.1. The van der Waals surface area contributed by atoms with Crippen LogP contribution in [0.2, 0.25) is 0 Å². The zero-order valence-electron chi connectivity index (χ0n) is 15.0. The highest BCUT2D eigenvalue weighted by Gasteiger charge is 2.41. The van der Waals surface area contributed by atoms with E-state index < -0.39 is 0 Å². The Morgan fingerprint density at radius 3 is 2.85 bits per heavy atom. The van der Waals surface area contributed by atoms with Gasteiger partial charge in [0.05, 0.1) is 4.92 Å². The van der Waals surface area contributed by atoms with E-state index in [9.17, 15) is 10.1 Å². The highest BCUT2D eigenvalue weighted by atomic mass is 16.6. The molecule has 0 saturated heterocycles. The van der Waals surface area contributed by atoms with E-state index in [2.05, 4.69) is 39.9 Å². The summed E-state index contributed by atoms with van der Waals surface area (Å²) in [4.78, 5) is 15.1. The SMILES string of the molecule is Cc1ccnc(NCC2CCC3(CC2)CNc2ccccc23)c1[N+](=O)[O-]. The van der Waals surface area contributed by atoms with Crippen molar-refractivity contribution in [2.75, 3.05) is 23.7 Å². The van der Waals surface area contributed by atoms with Crippen LogP contribution in [-0.2, 0) is 5.41 Å². The molecule has 1 spiro atoms. The lowest BCUT2D eigenvalue weighted by Crippen LogP contribution is -2.35. The van der Waals surface area contributed by atoms with E-state index in [0.717, 1.165) is 38.8 Å². The molecule has 1 aromatic carbocycles. The standard InChI is InChI=1S/C20H24N4O2/c1-14-8-11-21-19(18(14)24(25)26)22-12-15-6-9-20(10-7-15)13-23-17-5-3-2-4-16(17)20/h2-5,8,11,15,23H,6-7,9-10,12-13H2,1H3,(H,21,22). The molecule has 1 saturated carbocycles. The summed E-state index contributed by atoms with van der Waals surface area (Å²) in [6.45, 7) is 3.51. The lowest BCUT2D eigenvalue weighted by Gasteiger charge is -2.37. The number of hydrogen-bond acceptors (Lipinski definition) is 5. The van der Waals surface area contributed by atoms with Crippen molar-refractivity contribution < 1.29 is 4.92 Å². The minimum absolute atomic E-state index is 0.0914. The van der Waals surface area contributed by atoms with Crippen molar-refractivity contribution in [3.63, 3.8) is 0 Å². The Bertz CT molecular complexity index is 828. The molecule has 1 fully saturated rings. The van der Waals surface area contributed by atoms with Crippen LogP contribution in [0.15, 0.2) is 36.5 Å². The lowest BCUT2D eigenvalue weighted by molar-refractivity contribution is -0.384. The van der Waals surface area contributed by atoms with Crippen molar-refractivity contribution in [1.82, 2.24) is 4.98 Å². The topological polar surface area (TPSA) is 80.1 Å². The van der Waals surface area contributed by atoms with E-state index in [-0.39, 0.29) is 16.0 Å². The maximum absolute atomic E-state index is 11.3. The number of para-hydroxylation sites is 1. The van der Waals surface area contributed by atoms with Crippen LogP contribution in [0.3, 0.4) is 0 Å². The van der Waals surface area contributed by atoms with Crippen molar-refractivity contribution in [2.45, 2.75) is 38.0 Å². The third-order valence-electron chi connectivity index (χ3n) is 6.04. The zero-order chi connectivity index (χ0) is 18.1. The fraction of sp³-hybridized carbons (Fsp3) is 0.450. The van der Waals surface area contributed by atoms with E-state index in [1.807, 2.05) is 0 Å². The first-order chi connectivity index (χ1) is 12.6. The summed E-state index contributed by atoms with van der Waals surface area (Å²) in [6, 6.07) is 10.3. The molecule has 1 aliphatic heterocycles. The number of nitro groups is 1. The van der Waals surface area contributed by atoms with Crippen LogP contribution in [0.25, 0.3) is 0 Å². The highest BCUT2D eigenvalue weighted by molar-refractivity contribution is 5.61. The second-order valence-electron chi connectivity index (χ2n) is 7.59. The van der Waals surface area contributed by atoms with E-state index in [1.165, 1.54) is 11.3 Å². The molecular weight excluding hydrogens is 328 g/mol. The van der Waals surface area contributed by atoms with Gasteiger partial charge in [-0.2, -0.15) is 0 Å². The summed E-state index contributed by atoms with van der Waals surface area (Å²) in [7, 11) is 0. The Labute approximate surface area is 153 Å². The Morgan fingerprint density at radius 2 is 2.08 bits per heavy atom. The number of aromatic nitrogens is 1. The van der Waals surface area contributed by atoms with Gasteiger partial charge in [0.25, 0.3) is 0 Å². The molecule has 0 unspecified atom stereocenters. The van der Waals surface area contributed by atoms with Gasteiger partial charge in [-0.15, -0.1) is 0 Å². The first-order valence-electron chi connectivity index (χ1n) is 9.26. The number of anilines is 2. The van der Waals surface area contributed by atoms with Gasteiger partial charge in [-0.1, -0.05) is 18.2 Å². The maximum Gasteiger partial charge on any atom is 0.314 e. The van der Waals surface area contributed by atoms with Crippen LogP contribution >= 0.6 is 0 Å². The van der Waals surface area contributed by atoms with Crippen LogP contribution < -0.4 is 10.6 Å². The minimum Gasteiger partial charge on any atom is -0.384 e. The number of aryl methyl sites for hydroxylation is 1. The van der Waals surface area contributed by atoms with E-state index in [1.54, 1.807) is 19.2 Å². The molecule has 0 amide bonds. The predicted octanol–water partition coefficient (Wildman–Crippen LogP) is 4.26. The van der Waals surface area contributed by atoms with Gasteiger partial charge in [0.1, 0.15) is 0 Å². The van der Waals surface area contributed by atoms with Crippen molar-refractivity contribution in [3.05, 3.63) is 57.8 Å². The van der Waals surface area contributed by atoms with Gasteiger partial charge < -0.3 is 10.6 Å². The predicted molar refractivity (Wildman–Crippen MR) is 103 cm³/mol. The molecule has 26 heavy (non-hydrogen) atoms. The van der Waals surface area contributed by atoms with Crippen LogP contribution in [-0.4, -0.2) is 23.0 Å². The molecule has 2 heterocycles. The Kier molecular flexibility index (Phi) is 4.26. The molecule has 0 radical (unpaired) electrons. The summed E-state index contributed by atoms with van der Waals surface area (Å²) < 4.78 is 0. The average Bonchev–Trinajstić information content (AvgIpc) is 3.00. The molecule has 4 rings (SSSR count). The summed E-state index contributed by atoms with van der Waals surface area (Å²) >= 11 is 0. The number of hydrogen-bond donors (Lipinski definition) is 2. The molecular formula is C20H24N4O2. The van der Waals surface area contributed by atoms with Crippen LogP contribution in [0.4, 0.5) is 17.2 Å². The third kappa shape index (κ3) is 2.89. The van der Waals surface area contributed by atoms with Gasteiger partial charge in [-0.3, -0.25) is 10.1 Å². The number of nitrogens with one attached hydrogen (secondary N) is 2. The highest BCUT2D eigenvalue weighted by Crippen LogP contribution is 2.47. The summed E-state index contributed by atoms with van der Waals surface area (Å²) in [5.74, 6) is 0.915. The maximum atomic E-state index is 11.3. The minimum atomic E-state index is -0.346. The number of pyridine rings is 1. The van der Waals surface area contributed by atoms with Crippen LogP contribution in [0.5, 0.6) is 0 Å². The fourth-order valence-corrected chi connectivity index (χ4v) is 4.49. The summed E-state index contributed by atoms with van der Waals surface area (Å²) in [6.07, 6.45) is 6.20. The van der Waals surface area contributed by atoms with Crippen molar-refractivity contribution >= 4 is 17.2 Å². The molecule has 1 aromatic heterocycles. The Morgan fingerprint density at radius 1 is 1.31 bits per heavy atom. The molecule has 0 bridgehead atoms. The summed E-state index contributed by atoms with van der Waals surface area (Å²) in [5.41, 5.74) is 3.74. The first kappa shape index (κ1) is 16.8. The monoisotopic (exact) mass is 352 g/mol. The quantitative estimate of drug-likeness (QED) is 0.635. The molecule has 2 aromatic rings. The molecule has 2 N–H and O–H groups in total. The Hall–Kier alpha value is -2.63. The molecule has 136 valence electrons. The average molecular weight is 352 g/mol. The van der Waals surface area contributed by atoms with Crippen molar-refractivity contribution in [2.24, 2.45) is 5.92 Å². The van der Waals surface area contributed by atoms with E-state index in [4.69, 9.17) is 0 Å². The van der Waals surface area contributed by atoms with E-state index in [0.29, 0.717) is 17.3 Å². The zero-order valence-corrected chi connectivity index (χ0v) is 15.0. The van der Waals surface area contributed by atoms with Crippen LogP contribution in [0.1, 0.15) is 36.8 Å². The van der Waals surface area contributed by atoms with Gasteiger partial charge in [0.2, 0.25) is 5.82 Å². The normalized spacial score (nSPS) is 24.1. The number of benzene rings is 1. The Balaban J connectivity index is 1.40. The van der Waals surface area contributed by atoms with Gasteiger partial charge in [0, 0.05) is 36.0 Å². The molecule has 0 atom stereocenters. The molecule has 6 heteroatoms. The van der Waals surface area contributed by atoms with Crippen molar-refractivity contribution in [3.8, 4) is 0 Å². The van der Waals surface area contributed by atoms with E-state index >= 15 is 0 Å². The molecule has 2 aliphatic rings. The lowest BCUT2D eigenvalue weighted by atomic mass is 9.68. The van der Waals surface area contributed by atoms with Crippen LogP contribution in [0, 0.1) is 23.0 Å². The fourth-order valence-electron chi connectivity index (χ4n) is 4.49. The van der Waals surface area contributed by atoms with Gasteiger partial charge >= 0.3 is 5.69 Å². The van der Waals surface area contributed by atoms with Crippen molar-refractivity contribution in [1.29, 1.82) is 0 Å². The smallest absolute Gasteiger partial charge is 0.314 e.